The molecule has 27 heavy (non-hydrogen) atoms. The Morgan fingerprint density at radius 1 is 1.07 bits per heavy atom. The maximum atomic E-state index is 12.2. The number of carbonyl (C=O) groups excluding carboxylic acids is 1. The molecule has 0 bridgehead atoms. The van der Waals surface area contributed by atoms with Crippen molar-refractivity contribution in [3.05, 3.63) is 52.7 Å². The van der Waals surface area contributed by atoms with Crippen LogP contribution < -0.4 is 14.8 Å². The highest BCUT2D eigenvalue weighted by Gasteiger charge is 2.09. The van der Waals surface area contributed by atoms with Crippen molar-refractivity contribution in [2.45, 2.75) is 46.0 Å². The molecule has 0 aliphatic heterocycles. The van der Waals surface area contributed by atoms with Gasteiger partial charge in [-0.2, -0.15) is 0 Å². The lowest BCUT2D eigenvalue weighted by Gasteiger charge is -2.12. The van der Waals surface area contributed by atoms with E-state index in [9.17, 15) is 4.79 Å². The summed E-state index contributed by atoms with van der Waals surface area (Å²) in [5.74, 6) is 1.36. The summed E-state index contributed by atoms with van der Waals surface area (Å²) >= 11 is 0. The van der Waals surface area contributed by atoms with Gasteiger partial charge < -0.3 is 14.8 Å². The van der Waals surface area contributed by atoms with Crippen molar-refractivity contribution < 1.29 is 14.3 Å². The van der Waals surface area contributed by atoms with Crippen LogP contribution in [0.15, 0.2) is 30.3 Å². The van der Waals surface area contributed by atoms with Crippen LogP contribution in [0.2, 0.25) is 0 Å². The monoisotopic (exact) mass is 370 g/mol. The second kappa shape index (κ2) is 10.6. The van der Waals surface area contributed by atoms with E-state index in [0.717, 1.165) is 43.7 Å². The van der Waals surface area contributed by atoms with Gasteiger partial charge >= 0.3 is 0 Å². The zero-order valence-corrected chi connectivity index (χ0v) is 16.8. The number of rotatable bonds is 10. The first-order chi connectivity index (χ1) is 13.1. The molecule has 1 amide bonds. The highest BCUT2D eigenvalue weighted by atomic mass is 16.5. The molecule has 0 radical (unpaired) electrons. The lowest BCUT2D eigenvalue weighted by molar-refractivity contribution is 0.0952. The summed E-state index contributed by atoms with van der Waals surface area (Å²) in [6.07, 6.45) is 4.94. The zero-order chi connectivity index (χ0) is 19.6. The summed E-state index contributed by atoms with van der Waals surface area (Å²) in [7, 11) is 3.27. The fourth-order valence-electron chi connectivity index (χ4n) is 3.07. The van der Waals surface area contributed by atoms with Crippen molar-refractivity contribution in [1.29, 1.82) is 0 Å². The fraction of sp³-hybridized carbons (Fsp3) is 0.455. The molecule has 0 saturated heterocycles. The molecule has 146 valence electrons. The lowest BCUT2D eigenvalue weighted by atomic mass is 10.0. The molecule has 1 aromatic heterocycles. The average molecular weight is 370 g/mol. The van der Waals surface area contributed by atoms with Gasteiger partial charge in [-0.1, -0.05) is 19.4 Å². The van der Waals surface area contributed by atoms with Crippen molar-refractivity contribution in [3.8, 4) is 11.6 Å². The van der Waals surface area contributed by atoms with Crippen molar-refractivity contribution in [1.82, 2.24) is 10.3 Å². The SMILES string of the molecule is CCc1cc(CCCCCNC(=O)c2cccc(OC)c2)c(OC)nc1C. The highest BCUT2D eigenvalue weighted by molar-refractivity contribution is 5.94. The normalized spacial score (nSPS) is 10.5. The number of aryl methyl sites for hydroxylation is 3. The third-order valence-corrected chi connectivity index (χ3v) is 4.67. The van der Waals surface area contributed by atoms with Gasteiger partial charge in [-0.3, -0.25) is 4.79 Å². The van der Waals surface area contributed by atoms with Gasteiger partial charge in [0.05, 0.1) is 14.2 Å². The first kappa shape index (κ1) is 20.7. The number of amides is 1. The van der Waals surface area contributed by atoms with E-state index in [0.29, 0.717) is 17.9 Å². The number of benzene rings is 1. The van der Waals surface area contributed by atoms with Crippen LogP contribution in [0.5, 0.6) is 11.6 Å². The number of carbonyl (C=O) groups is 1. The molecule has 5 heteroatoms. The molecular formula is C22H30N2O3. The Morgan fingerprint density at radius 3 is 2.59 bits per heavy atom. The molecule has 0 saturated carbocycles. The van der Waals surface area contributed by atoms with Gasteiger partial charge in [-0.25, -0.2) is 4.98 Å². The van der Waals surface area contributed by atoms with E-state index in [2.05, 4.69) is 23.3 Å². The standard InChI is InChI=1S/C22H30N2O3/c1-5-17-14-19(22(27-4)24-16(17)2)10-7-6-8-13-23-21(25)18-11-9-12-20(15-18)26-3/h9,11-12,14-15H,5-8,10,13H2,1-4H3,(H,23,25). The van der Waals surface area contributed by atoms with E-state index in [1.807, 2.05) is 19.1 Å². The molecule has 5 nitrogen and oxygen atoms in total. The predicted octanol–water partition coefficient (Wildman–Crippen LogP) is 4.11. The van der Waals surface area contributed by atoms with Gasteiger partial charge in [0.1, 0.15) is 5.75 Å². The summed E-state index contributed by atoms with van der Waals surface area (Å²) in [6, 6.07) is 9.40. The molecule has 1 aromatic carbocycles. The van der Waals surface area contributed by atoms with E-state index in [1.54, 1.807) is 26.4 Å². The maximum absolute atomic E-state index is 12.2. The smallest absolute Gasteiger partial charge is 0.251 e. The molecule has 0 atom stereocenters. The number of ether oxygens (including phenoxy) is 2. The molecule has 2 rings (SSSR count). The largest absolute Gasteiger partial charge is 0.497 e. The molecule has 0 fully saturated rings. The topological polar surface area (TPSA) is 60.5 Å². The van der Waals surface area contributed by atoms with Crippen LogP contribution in [0, 0.1) is 6.92 Å². The minimum Gasteiger partial charge on any atom is -0.497 e. The first-order valence-electron chi connectivity index (χ1n) is 9.54. The summed E-state index contributed by atoms with van der Waals surface area (Å²) in [5.41, 5.74) is 4.10. The number of nitrogens with one attached hydrogen (secondary N) is 1. The van der Waals surface area contributed by atoms with Gasteiger partial charge in [0.25, 0.3) is 5.91 Å². The summed E-state index contributed by atoms with van der Waals surface area (Å²) in [6.45, 7) is 4.83. The second-order valence-corrected chi connectivity index (χ2v) is 6.55. The maximum Gasteiger partial charge on any atom is 0.251 e. The molecule has 0 spiro atoms. The molecular weight excluding hydrogens is 340 g/mol. The van der Waals surface area contributed by atoms with Crippen molar-refractivity contribution in [2.75, 3.05) is 20.8 Å². The van der Waals surface area contributed by atoms with Gasteiger partial charge in [-0.15, -0.1) is 0 Å². The Hall–Kier alpha value is -2.56. The number of methoxy groups -OCH3 is 2. The highest BCUT2D eigenvalue weighted by Crippen LogP contribution is 2.22. The van der Waals surface area contributed by atoms with Crippen LogP contribution in [-0.4, -0.2) is 31.7 Å². The van der Waals surface area contributed by atoms with Crippen LogP contribution in [0.1, 0.15) is 53.4 Å². The molecule has 1 N–H and O–H groups in total. The van der Waals surface area contributed by atoms with Gasteiger partial charge in [-0.05, 0) is 62.4 Å². The summed E-state index contributed by atoms with van der Waals surface area (Å²) in [4.78, 5) is 16.7. The van der Waals surface area contributed by atoms with Crippen LogP contribution in [0.25, 0.3) is 0 Å². The van der Waals surface area contributed by atoms with E-state index < -0.39 is 0 Å². The van der Waals surface area contributed by atoms with Gasteiger partial charge in [0, 0.05) is 23.4 Å². The summed E-state index contributed by atoms with van der Waals surface area (Å²) < 4.78 is 10.6. The lowest BCUT2D eigenvalue weighted by Crippen LogP contribution is -2.24. The Morgan fingerprint density at radius 2 is 1.89 bits per heavy atom. The second-order valence-electron chi connectivity index (χ2n) is 6.55. The number of hydrogen-bond acceptors (Lipinski definition) is 4. The van der Waals surface area contributed by atoms with E-state index in [1.165, 1.54) is 11.1 Å². The Bertz CT molecular complexity index is 759. The molecule has 1 heterocycles. The molecule has 0 aliphatic carbocycles. The van der Waals surface area contributed by atoms with Crippen molar-refractivity contribution in [3.63, 3.8) is 0 Å². The quantitative estimate of drug-likeness (QED) is 0.639. The van der Waals surface area contributed by atoms with Crippen LogP contribution in [0.3, 0.4) is 0 Å². The Labute approximate surface area is 162 Å². The van der Waals surface area contributed by atoms with E-state index in [-0.39, 0.29) is 5.91 Å². The number of pyridine rings is 1. The van der Waals surface area contributed by atoms with E-state index >= 15 is 0 Å². The first-order valence-corrected chi connectivity index (χ1v) is 9.54. The van der Waals surface area contributed by atoms with Gasteiger partial charge in [0.15, 0.2) is 0 Å². The Balaban J connectivity index is 1.75. The molecule has 0 aliphatic rings. The third kappa shape index (κ3) is 5.98. The predicted molar refractivity (Wildman–Crippen MR) is 108 cm³/mol. The number of aromatic nitrogens is 1. The van der Waals surface area contributed by atoms with Crippen molar-refractivity contribution >= 4 is 5.91 Å². The minimum atomic E-state index is -0.0640. The fourth-order valence-corrected chi connectivity index (χ4v) is 3.07. The number of nitrogens with zero attached hydrogens (tertiary/aromatic N) is 1. The number of hydrogen-bond donors (Lipinski definition) is 1. The van der Waals surface area contributed by atoms with Crippen molar-refractivity contribution in [2.24, 2.45) is 0 Å². The molecule has 2 aromatic rings. The average Bonchev–Trinajstić information content (AvgIpc) is 2.70. The minimum absolute atomic E-state index is 0.0640. The Kier molecular flexibility index (Phi) is 8.11. The number of unbranched alkanes of at least 4 members (excludes halogenated alkanes) is 2. The van der Waals surface area contributed by atoms with E-state index in [4.69, 9.17) is 9.47 Å². The third-order valence-electron chi connectivity index (χ3n) is 4.67. The van der Waals surface area contributed by atoms with Gasteiger partial charge in [0.2, 0.25) is 5.88 Å². The van der Waals surface area contributed by atoms with Crippen LogP contribution >= 0.6 is 0 Å². The zero-order valence-electron chi connectivity index (χ0n) is 16.8. The molecule has 0 unspecified atom stereocenters. The van der Waals surface area contributed by atoms with Crippen LogP contribution in [-0.2, 0) is 12.8 Å². The summed E-state index contributed by atoms with van der Waals surface area (Å²) in [5, 5.41) is 2.97. The van der Waals surface area contributed by atoms with Crippen LogP contribution in [0.4, 0.5) is 0 Å².